The highest BCUT2D eigenvalue weighted by atomic mass is 35.5. The van der Waals surface area contributed by atoms with Gasteiger partial charge in [-0.1, -0.05) is 29.8 Å². The van der Waals surface area contributed by atoms with Crippen molar-refractivity contribution in [2.45, 2.75) is 32.2 Å². The first-order valence-electron chi connectivity index (χ1n) is 11.0. The smallest absolute Gasteiger partial charge is 0.253 e. The molecule has 3 aromatic rings. The van der Waals surface area contributed by atoms with E-state index in [-0.39, 0.29) is 23.5 Å². The van der Waals surface area contributed by atoms with E-state index in [0.717, 1.165) is 29.8 Å². The van der Waals surface area contributed by atoms with Crippen LogP contribution < -0.4 is 5.32 Å². The van der Waals surface area contributed by atoms with Gasteiger partial charge in [-0.3, -0.25) is 14.6 Å². The zero-order chi connectivity index (χ0) is 23.4. The topological polar surface area (TPSA) is 62.3 Å². The predicted molar refractivity (Wildman–Crippen MR) is 126 cm³/mol. The number of piperidine rings is 1. The minimum Gasteiger partial charge on any atom is -0.348 e. The molecule has 2 amide bonds. The van der Waals surface area contributed by atoms with Gasteiger partial charge < -0.3 is 10.2 Å². The molecule has 0 radical (unpaired) electrons. The average molecular weight is 466 g/mol. The lowest BCUT2D eigenvalue weighted by molar-refractivity contribution is 0.0710. The average Bonchev–Trinajstić information content (AvgIpc) is 2.83. The summed E-state index contributed by atoms with van der Waals surface area (Å²) in [5.41, 5.74) is 3.55. The lowest BCUT2D eigenvalue weighted by Gasteiger charge is -2.32. The maximum absolute atomic E-state index is 13.1. The molecule has 0 aliphatic carbocycles. The molecule has 1 fully saturated rings. The summed E-state index contributed by atoms with van der Waals surface area (Å²) in [7, 11) is 0. The lowest BCUT2D eigenvalue weighted by atomic mass is 9.89. The first kappa shape index (κ1) is 22.9. The number of halogens is 2. The molecule has 2 heterocycles. The quantitative estimate of drug-likeness (QED) is 0.568. The molecule has 0 spiro atoms. The Balaban J connectivity index is 1.44. The molecule has 7 heteroatoms. The van der Waals surface area contributed by atoms with Gasteiger partial charge in [-0.05, 0) is 67.8 Å². The first-order valence-corrected chi connectivity index (χ1v) is 11.3. The van der Waals surface area contributed by atoms with Crippen LogP contribution in [0, 0.1) is 12.7 Å². The molecule has 4 rings (SSSR count). The van der Waals surface area contributed by atoms with Gasteiger partial charge in [-0.15, -0.1) is 0 Å². The molecule has 1 aromatic heterocycles. The van der Waals surface area contributed by atoms with E-state index in [1.54, 1.807) is 42.5 Å². The van der Waals surface area contributed by atoms with Gasteiger partial charge in [0.1, 0.15) is 5.82 Å². The maximum atomic E-state index is 13.1. The minimum atomic E-state index is -0.310. The number of nitrogens with zero attached hydrogens (tertiary/aromatic N) is 2. The van der Waals surface area contributed by atoms with Crippen LogP contribution in [0.15, 0.2) is 60.7 Å². The highest BCUT2D eigenvalue weighted by Gasteiger charge is 2.28. The number of carbonyl (C=O) groups excluding carboxylic acids is 2. The normalized spacial score (nSPS) is 14.2. The van der Waals surface area contributed by atoms with E-state index >= 15 is 0 Å². The van der Waals surface area contributed by atoms with E-state index in [0.29, 0.717) is 35.8 Å². The summed E-state index contributed by atoms with van der Waals surface area (Å²) in [6, 6.07) is 16.7. The van der Waals surface area contributed by atoms with Crippen molar-refractivity contribution in [2.75, 3.05) is 13.1 Å². The van der Waals surface area contributed by atoms with Crippen molar-refractivity contribution in [2.24, 2.45) is 0 Å². The third-order valence-corrected chi connectivity index (χ3v) is 6.15. The van der Waals surface area contributed by atoms with Crippen LogP contribution in [0.4, 0.5) is 4.39 Å². The summed E-state index contributed by atoms with van der Waals surface area (Å²) in [5.74, 6) is -0.472. The van der Waals surface area contributed by atoms with Gasteiger partial charge in [-0.2, -0.15) is 0 Å². The molecule has 1 saturated heterocycles. The molecule has 170 valence electrons. The summed E-state index contributed by atoms with van der Waals surface area (Å²) >= 11 is 6.03. The van der Waals surface area contributed by atoms with E-state index in [1.165, 1.54) is 12.1 Å². The number of carbonyl (C=O) groups is 2. The molecule has 1 aliphatic rings. The maximum Gasteiger partial charge on any atom is 0.253 e. The number of hydrogen-bond donors (Lipinski definition) is 1. The molecule has 1 N–H and O–H groups in total. The Bertz CT molecular complexity index is 1160. The van der Waals surface area contributed by atoms with Crippen LogP contribution in [-0.4, -0.2) is 34.8 Å². The zero-order valence-corrected chi connectivity index (χ0v) is 19.1. The van der Waals surface area contributed by atoms with Crippen molar-refractivity contribution >= 4 is 23.4 Å². The number of nitrogens with one attached hydrogen (secondary N) is 1. The van der Waals surface area contributed by atoms with Gasteiger partial charge in [0.15, 0.2) is 0 Å². The van der Waals surface area contributed by atoms with Crippen molar-refractivity contribution in [3.8, 4) is 0 Å². The molecule has 0 saturated carbocycles. The van der Waals surface area contributed by atoms with Gasteiger partial charge in [0.05, 0.1) is 11.3 Å². The van der Waals surface area contributed by atoms with E-state index in [2.05, 4.69) is 5.32 Å². The Morgan fingerprint density at radius 1 is 1.09 bits per heavy atom. The highest BCUT2D eigenvalue weighted by molar-refractivity contribution is 6.30. The fourth-order valence-electron chi connectivity index (χ4n) is 4.12. The largest absolute Gasteiger partial charge is 0.348 e. The minimum absolute atomic E-state index is 0.0367. The van der Waals surface area contributed by atoms with Crippen molar-refractivity contribution in [1.29, 1.82) is 0 Å². The number of benzene rings is 2. The summed E-state index contributed by atoms with van der Waals surface area (Å²) in [6.45, 7) is 3.38. The number of pyridine rings is 1. The molecule has 33 heavy (non-hydrogen) atoms. The SMILES string of the molecule is Cc1ccc(C(=O)NCc2ccc(F)cc2)c(C2CCN(C(=O)c3cccc(Cl)c3)CC2)n1. The third-order valence-electron chi connectivity index (χ3n) is 5.92. The second-order valence-corrected chi connectivity index (χ2v) is 8.71. The van der Waals surface area contributed by atoms with Gasteiger partial charge >= 0.3 is 0 Å². The Labute approximate surface area is 197 Å². The van der Waals surface area contributed by atoms with Crippen molar-refractivity contribution < 1.29 is 14.0 Å². The van der Waals surface area contributed by atoms with Gasteiger partial charge in [0.25, 0.3) is 11.8 Å². The van der Waals surface area contributed by atoms with Crippen molar-refractivity contribution in [3.63, 3.8) is 0 Å². The van der Waals surface area contributed by atoms with Crippen molar-refractivity contribution in [1.82, 2.24) is 15.2 Å². The number of likely N-dealkylation sites (tertiary alicyclic amines) is 1. The predicted octanol–water partition coefficient (Wildman–Crippen LogP) is 5.13. The van der Waals surface area contributed by atoms with Gasteiger partial charge in [-0.25, -0.2) is 4.39 Å². The molecule has 1 aliphatic heterocycles. The number of amides is 2. The lowest BCUT2D eigenvalue weighted by Crippen LogP contribution is -2.38. The standard InChI is InChI=1S/C26H25ClFN3O2/c1-17-5-10-23(25(32)29-16-18-6-8-22(28)9-7-18)24(30-17)19-11-13-31(14-12-19)26(33)20-3-2-4-21(27)15-20/h2-10,15,19H,11-14,16H2,1H3,(H,29,32). The van der Waals surface area contributed by atoms with Crippen LogP contribution >= 0.6 is 11.6 Å². The molecule has 0 unspecified atom stereocenters. The Hall–Kier alpha value is -3.25. The second-order valence-electron chi connectivity index (χ2n) is 8.27. The zero-order valence-electron chi connectivity index (χ0n) is 18.4. The summed E-state index contributed by atoms with van der Waals surface area (Å²) in [4.78, 5) is 32.3. The fourth-order valence-corrected chi connectivity index (χ4v) is 4.31. The van der Waals surface area contributed by atoms with E-state index in [9.17, 15) is 14.0 Å². The number of rotatable bonds is 5. The van der Waals surface area contributed by atoms with Crippen LogP contribution in [-0.2, 0) is 6.54 Å². The molecular formula is C26H25ClFN3O2. The van der Waals surface area contributed by atoms with Crippen molar-refractivity contribution in [3.05, 3.63) is 99.6 Å². The van der Waals surface area contributed by atoms with Gasteiger partial charge in [0, 0.05) is 41.8 Å². The van der Waals surface area contributed by atoms with Crippen LogP contribution in [0.2, 0.25) is 5.02 Å². The summed E-state index contributed by atoms with van der Waals surface area (Å²) in [6.07, 6.45) is 1.45. The van der Waals surface area contributed by atoms with Gasteiger partial charge in [0.2, 0.25) is 0 Å². The number of aromatic nitrogens is 1. The Morgan fingerprint density at radius 2 is 1.82 bits per heavy atom. The summed E-state index contributed by atoms with van der Waals surface area (Å²) in [5, 5.41) is 3.45. The van der Waals surface area contributed by atoms with Crippen LogP contribution in [0.3, 0.4) is 0 Å². The Morgan fingerprint density at radius 3 is 2.52 bits per heavy atom. The van der Waals surface area contributed by atoms with Crippen LogP contribution in [0.25, 0.3) is 0 Å². The number of hydrogen-bond acceptors (Lipinski definition) is 3. The molecule has 5 nitrogen and oxygen atoms in total. The second kappa shape index (κ2) is 10.1. The van der Waals surface area contributed by atoms with Crippen LogP contribution in [0.1, 0.15) is 56.4 Å². The molecule has 2 aromatic carbocycles. The molecular weight excluding hydrogens is 441 g/mol. The monoisotopic (exact) mass is 465 g/mol. The third kappa shape index (κ3) is 5.57. The molecule has 0 bridgehead atoms. The fraction of sp³-hybridized carbons (Fsp3) is 0.269. The Kier molecular flexibility index (Phi) is 7.04. The molecule has 0 atom stereocenters. The van der Waals surface area contributed by atoms with E-state index in [1.807, 2.05) is 17.9 Å². The number of aryl methyl sites for hydroxylation is 1. The van der Waals surface area contributed by atoms with E-state index in [4.69, 9.17) is 16.6 Å². The highest BCUT2D eigenvalue weighted by Crippen LogP contribution is 2.30. The van der Waals surface area contributed by atoms with E-state index < -0.39 is 0 Å². The van der Waals surface area contributed by atoms with Crippen LogP contribution in [0.5, 0.6) is 0 Å². The summed E-state index contributed by atoms with van der Waals surface area (Å²) < 4.78 is 13.1. The first-order chi connectivity index (χ1) is 15.9.